The average Bonchev–Trinajstić information content (AvgIpc) is 2.40. The van der Waals surface area contributed by atoms with Gasteiger partial charge in [0.25, 0.3) is 0 Å². The summed E-state index contributed by atoms with van der Waals surface area (Å²) in [6.45, 7) is 8.11. The zero-order valence-electron chi connectivity index (χ0n) is 11.7. The van der Waals surface area contributed by atoms with E-state index in [-0.39, 0.29) is 0 Å². The topological polar surface area (TPSA) is 0 Å². The molecule has 0 aliphatic carbocycles. The van der Waals surface area contributed by atoms with Crippen LogP contribution in [0.1, 0.15) is 34.7 Å². The molecule has 0 N–H and O–H groups in total. The number of hydrogen-bond acceptors (Lipinski definition) is 0. The van der Waals surface area contributed by atoms with Crippen molar-refractivity contribution < 1.29 is 0 Å². The zero-order valence-corrected chi connectivity index (χ0v) is 11.7. The third-order valence-corrected chi connectivity index (χ3v) is 3.28. The molecule has 96 valence electrons. The third kappa shape index (κ3) is 3.23. The fourth-order valence-electron chi connectivity index (χ4n) is 2.43. The lowest BCUT2D eigenvalue weighted by molar-refractivity contribution is 1.18. The number of benzene rings is 2. The molecule has 0 fully saturated rings. The average molecular weight is 248 g/mol. The molecule has 0 unspecified atom stereocenters. The molecule has 0 heteroatoms. The second kappa shape index (κ2) is 6.19. The first-order chi connectivity index (χ1) is 9.24. The Morgan fingerprint density at radius 2 is 1.79 bits per heavy atom. The van der Waals surface area contributed by atoms with Crippen LogP contribution >= 0.6 is 0 Å². The summed E-state index contributed by atoms with van der Waals surface area (Å²) in [6.07, 6.45) is 7.15. The maximum atomic E-state index is 3.91. The van der Waals surface area contributed by atoms with Gasteiger partial charge in [0.1, 0.15) is 0 Å². The number of hydrogen-bond donors (Lipinski definition) is 0. The van der Waals surface area contributed by atoms with Gasteiger partial charge >= 0.3 is 0 Å². The van der Waals surface area contributed by atoms with Crippen LogP contribution in [0.25, 0.3) is 12.2 Å². The molecule has 0 amide bonds. The van der Waals surface area contributed by atoms with E-state index in [1.807, 2.05) is 13.0 Å². The number of aryl methyl sites for hydroxylation is 1. The summed E-state index contributed by atoms with van der Waals surface area (Å²) in [5.74, 6) is 0. The van der Waals surface area contributed by atoms with Crippen LogP contribution in [-0.4, -0.2) is 0 Å². The third-order valence-electron chi connectivity index (χ3n) is 3.28. The van der Waals surface area contributed by atoms with E-state index < -0.39 is 0 Å². The molecule has 19 heavy (non-hydrogen) atoms. The van der Waals surface area contributed by atoms with E-state index in [2.05, 4.69) is 68.1 Å². The molecule has 0 saturated carbocycles. The predicted molar refractivity (Wildman–Crippen MR) is 85.2 cm³/mol. The van der Waals surface area contributed by atoms with Gasteiger partial charge in [-0.25, -0.2) is 0 Å². The van der Waals surface area contributed by atoms with Crippen molar-refractivity contribution in [3.8, 4) is 0 Å². The first kappa shape index (κ1) is 13.4. The van der Waals surface area contributed by atoms with Crippen molar-refractivity contribution in [3.05, 3.63) is 82.9 Å². The van der Waals surface area contributed by atoms with Crippen LogP contribution < -0.4 is 0 Å². The highest BCUT2D eigenvalue weighted by molar-refractivity contribution is 5.68. The summed E-state index contributed by atoms with van der Waals surface area (Å²) in [5, 5.41) is 0. The van der Waals surface area contributed by atoms with E-state index in [0.717, 1.165) is 6.42 Å². The first-order valence-corrected chi connectivity index (χ1v) is 6.67. The molecule has 0 aliphatic heterocycles. The van der Waals surface area contributed by atoms with Crippen LogP contribution in [-0.2, 0) is 6.42 Å². The van der Waals surface area contributed by atoms with Gasteiger partial charge in [0.2, 0.25) is 0 Å². The molecule has 2 rings (SSSR count). The van der Waals surface area contributed by atoms with Gasteiger partial charge in [0, 0.05) is 0 Å². The van der Waals surface area contributed by atoms with Crippen molar-refractivity contribution in [1.82, 2.24) is 0 Å². The smallest absolute Gasteiger partial charge is 0.00255 e. The summed E-state index contributed by atoms with van der Waals surface area (Å²) < 4.78 is 0. The van der Waals surface area contributed by atoms with E-state index in [9.17, 15) is 0 Å². The van der Waals surface area contributed by atoms with Crippen LogP contribution in [0.4, 0.5) is 0 Å². The van der Waals surface area contributed by atoms with Gasteiger partial charge in [0.15, 0.2) is 0 Å². The van der Waals surface area contributed by atoms with Crippen LogP contribution in [0.5, 0.6) is 0 Å². The van der Waals surface area contributed by atoms with Crippen molar-refractivity contribution in [2.45, 2.75) is 20.3 Å². The largest absolute Gasteiger partial charge is 0.0984 e. The van der Waals surface area contributed by atoms with Crippen molar-refractivity contribution in [1.29, 1.82) is 0 Å². The van der Waals surface area contributed by atoms with Gasteiger partial charge in [0.05, 0.1) is 0 Å². The summed E-state index contributed by atoms with van der Waals surface area (Å²) in [7, 11) is 0. The molecule has 0 heterocycles. The molecule has 2 aromatic carbocycles. The Labute approximate surface area is 116 Å². The molecular weight excluding hydrogens is 228 g/mol. The van der Waals surface area contributed by atoms with E-state index in [0.29, 0.717) is 0 Å². The minimum Gasteiger partial charge on any atom is -0.0984 e. The normalized spacial score (nSPS) is 10.8. The van der Waals surface area contributed by atoms with Crippen molar-refractivity contribution in [2.75, 3.05) is 0 Å². The molecule has 2 aromatic rings. The maximum Gasteiger partial charge on any atom is -0.00255 e. The SMILES string of the molecule is C=Cc1c(C)cc(Cc2ccccc2)cc1/C=C\C. The molecule has 0 aliphatic rings. The second-order valence-corrected chi connectivity index (χ2v) is 4.78. The Morgan fingerprint density at radius 3 is 2.42 bits per heavy atom. The highest BCUT2D eigenvalue weighted by Crippen LogP contribution is 2.22. The Morgan fingerprint density at radius 1 is 1.05 bits per heavy atom. The van der Waals surface area contributed by atoms with E-state index in [1.54, 1.807) is 0 Å². The summed E-state index contributed by atoms with van der Waals surface area (Å²) in [5.41, 5.74) is 6.47. The molecule has 0 radical (unpaired) electrons. The van der Waals surface area contributed by atoms with Crippen LogP contribution in [0.3, 0.4) is 0 Å². The predicted octanol–water partition coefficient (Wildman–Crippen LogP) is 5.26. The molecule has 0 saturated heterocycles. The van der Waals surface area contributed by atoms with Crippen LogP contribution in [0.2, 0.25) is 0 Å². The van der Waals surface area contributed by atoms with Gasteiger partial charge in [-0.3, -0.25) is 0 Å². The van der Waals surface area contributed by atoms with E-state index in [1.165, 1.54) is 27.8 Å². The van der Waals surface area contributed by atoms with Crippen molar-refractivity contribution in [2.24, 2.45) is 0 Å². The van der Waals surface area contributed by atoms with E-state index >= 15 is 0 Å². The molecule has 0 spiro atoms. The fraction of sp³-hybridized carbons (Fsp3) is 0.158. The lowest BCUT2D eigenvalue weighted by Crippen LogP contribution is -1.94. The lowest BCUT2D eigenvalue weighted by Gasteiger charge is -2.10. The Kier molecular flexibility index (Phi) is 4.35. The van der Waals surface area contributed by atoms with Gasteiger partial charge in [-0.15, -0.1) is 0 Å². The van der Waals surface area contributed by atoms with Crippen molar-refractivity contribution in [3.63, 3.8) is 0 Å². The molecule has 0 aromatic heterocycles. The van der Waals surface area contributed by atoms with Gasteiger partial charge in [-0.2, -0.15) is 0 Å². The highest BCUT2D eigenvalue weighted by atomic mass is 14.1. The monoisotopic (exact) mass is 248 g/mol. The lowest BCUT2D eigenvalue weighted by atomic mass is 9.95. The standard InChI is InChI=1S/C19H20/c1-4-9-18-14-17(12-15(3)19(18)5-2)13-16-10-7-6-8-11-16/h4-12,14H,2,13H2,1,3H3/b9-4-. The zero-order chi connectivity index (χ0) is 13.7. The number of rotatable bonds is 4. The van der Waals surface area contributed by atoms with Gasteiger partial charge in [-0.1, -0.05) is 67.3 Å². The first-order valence-electron chi connectivity index (χ1n) is 6.67. The molecule has 0 atom stereocenters. The Bertz CT molecular complexity index is 589. The maximum absolute atomic E-state index is 3.91. The van der Waals surface area contributed by atoms with Crippen LogP contribution in [0.15, 0.2) is 55.1 Å². The number of allylic oxidation sites excluding steroid dienone is 1. The minimum absolute atomic E-state index is 0.976. The summed E-state index contributed by atoms with van der Waals surface area (Å²) >= 11 is 0. The molecule has 0 nitrogen and oxygen atoms in total. The molecule has 0 bridgehead atoms. The Balaban J connectivity index is 2.40. The summed E-state index contributed by atoms with van der Waals surface area (Å²) in [4.78, 5) is 0. The second-order valence-electron chi connectivity index (χ2n) is 4.78. The van der Waals surface area contributed by atoms with Crippen LogP contribution in [0, 0.1) is 6.92 Å². The summed E-state index contributed by atoms with van der Waals surface area (Å²) in [6, 6.07) is 15.1. The van der Waals surface area contributed by atoms with Gasteiger partial charge < -0.3 is 0 Å². The van der Waals surface area contributed by atoms with Gasteiger partial charge in [-0.05, 0) is 48.1 Å². The minimum atomic E-state index is 0.976. The fourth-order valence-corrected chi connectivity index (χ4v) is 2.43. The Hall–Kier alpha value is -2.08. The quantitative estimate of drug-likeness (QED) is 0.692. The highest BCUT2D eigenvalue weighted by Gasteiger charge is 2.04. The van der Waals surface area contributed by atoms with E-state index in [4.69, 9.17) is 0 Å². The molecular formula is C19H20. The van der Waals surface area contributed by atoms with Crippen molar-refractivity contribution >= 4 is 12.2 Å².